The van der Waals surface area contributed by atoms with Gasteiger partial charge in [0, 0.05) is 6.42 Å². The summed E-state index contributed by atoms with van der Waals surface area (Å²) in [5.74, 6) is -1.79. The van der Waals surface area contributed by atoms with E-state index in [-0.39, 0.29) is 30.8 Å². The van der Waals surface area contributed by atoms with Crippen LogP contribution in [0.15, 0.2) is 60.7 Å². The lowest BCUT2D eigenvalue weighted by molar-refractivity contribution is -0.150. The van der Waals surface area contributed by atoms with E-state index in [1.54, 1.807) is 13.8 Å². The normalized spacial score (nSPS) is 16.9. The third-order valence-electron chi connectivity index (χ3n) is 5.92. The maximum atomic E-state index is 13.1. The van der Waals surface area contributed by atoms with Crippen molar-refractivity contribution in [2.75, 3.05) is 13.7 Å². The summed E-state index contributed by atoms with van der Waals surface area (Å²) < 4.78 is 4.81. The summed E-state index contributed by atoms with van der Waals surface area (Å²) in [6, 6.07) is 16.9. The number of likely N-dealkylation sites (tertiary alicyclic amines) is 1. The summed E-state index contributed by atoms with van der Waals surface area (Å²) in [6.07, 6.45) is 0.584. The summed E-state index contributed by atoms with van der Waals surface area (Å²) in [6.45, 7) is 3.44. The quantitative estimate of drug-likeness (QED) is 0.413. The minimum Gasteiger partial charge on any atom is -0.467 e. The van der Waals surface area contributed by atoms with Crippen molar-refractivity contribution in [2.45, 2.75) is 44.8 Å². The van der Waals surface area contributed by atoms with Gasteiger partial charge in [-0.05, 0) is 17.0 Å². The molecule has 0 spiro atoms. The second kappa shape index (κ2) is 11.4. The molecule has 1 aliphatic heterocycles. The summed E-state index contributed by atoms with van der Waals surface area (Å²) in [4.78, 5) is 51.9. The Kier molecular flexibility index (Phi) is 8.40. The number of hydrogen-bond donors (Lipinski definition) is 2. The maximum Gasteiger partial charge on any atom is 0.328 e. The number of carbonyl (C=O) groups is 4. The molecule has 0 aromatic heterocycles. The van der Waals surface area contributed by atoms with Gasteiger partial charge in [-0.3, -0.25) is 14.4 Å². The molecule has 2 N–H and O–H groups in total. The fraction of sp³-hybridized carbons (Fsp3) is 0.385. The van der Waals surface area contributed by atoms with Crippen molar-refractivity contribution < 1.29 is 23.9 Å². The van der Waals surface area contributed by atoms with E-state index in [1.807, 2.05) is 60.7 Å². The van der Waals surface area contributed by atoms with Crippen LogP contribution >= 0.6 is 0 Å². The molecule has 2 aromatic rings. The minimum absolute atomic E-state index is 0.112. The molecule has 1 unspecified atom stereocenters. The second-order valence-electron chi connectivity index (χ2n) is 8.72. The molecule has 180 valence electrons. The molecule has 8 heteroatoms. The van der Waals surface area contributed by atoms with Crippen molar-refractivity contribution in [3.8, 4) is 0 Å². The van der Waals surface area contributed by atoms with E-state index in [0.29, 0.717) is 6.42 Å². The molecule has 1 aliphatic rings. The second-order valence-corrected chi connectivity index (χ2v) is 8.72. The SMILES string of the molecule is COC(=O)[C@@H](NC(=O)[C@H](Cc1ccccc1)NC(=O)CN1C(=O)CC1c1ccccc1)C(C)C. The third-order valence-corrected chi connectivity index (χ3v) is 5.92. The van der Waals surface area contributed by atoms with Gasteiger partial charge in [0.05, 0.1) is 19.6 Å². The van der Waals surface area contributed by atoms with Gasteiger partial charge in [-0.1, -0.05) is 74.5 Å². The van der Waals surface area contributed by atoms with Crippen LogP contribution in [-0.4, -0.2) is 54.3 Å². The first-order valence-corrected chi connectivity index (χ1v) is 11.4. The van der Waals surface area contributed by atoms with E-state index in [2.05, 4.69) is 10.6 Å². The average Bonchev–Trinajstić information content (AvgIpc) is 2.84. The smallest absolute Gasteiger partial charge is 0.328 e. The van der Waals surface area contributed by atoms with Gasteiger partial charge in [-0.2, -0.15) is 0 Å². The number of carbonyl (C=O) groups excluding carboxylic acids is 4. The average molecular weight is 466 g/mol. The van der Waals surface area contributed by atoms with Crippen LogP contribution < -0.4 is 10.6 Å². The Labute approximate surface area is 199 Å². The predicted molar refractivity (Wildman–Crippen MR) is 126 cm³/mol. The molecule has 0 radical (unpaired) electrons. The summed E-state index contributed by atoms with van der Waals surface area (Å²) >= 11 is 0. The van der Waals surface area contributed by atoms with E-state index in [4.69, 9.17) is 4.74 Å². The molecule has 3 atom stereocenters. The van der Waals surface area contributed by atoms with Crippen molar-refractivity contribution >= 4 is 23.7 Å². The Bertz CT molecular complexity index is 1010. The van der Waals surface area contributed by atoms with Gasteiger partial charge < -0.3 is 20.3 Å². The number of amides is 3. The number of rotatable bonds is 10. The van der Waals surface area contributed by atoms with Crippen molar-refractivity contribution in [3.05, 3.63) is 71.8 Å². The number of esters is 1. The van der Waals surface area contributed by atoms with Crippen molar-refractivity contribution in [1.82, 2.24) is 15.5 Å². The molecule has 0 saturated carbocycles. The Morgan fingerprint density at radius 2 is 1.62 bits per heavy atom. The summed E-state index contributed by atoms with van der Waals surface area (Å²) in [7, 11) is 1.26. The number of methoxy groups -OCH3 is 1. The van der Waals surface area contributed by atoms with Gasteiger partial charge in [0.25, 0.3) is 0 Å². The van der Waals surface area contributed by atoms with E-state index >= 15 is 0 Å². The van der Waals surface area contributed by atoms with Gasteiger partial charge >= 0.3 is 5.97 Å². The number of benzene rings is 2. The van der Waals surface area contributed by atoms with Crippen LogP contribution in [0.25, 0.3) is 0 Å². The third kappa shape index (κ3) is 6.21. The largest absolute Gasteiger partial charge is 0.467 e. The van der Waals surface area contributed by atoms with E-state index < -0.39 is 29.9 Å². The van der Waals surface area contributed by atoms with Gasteiger partial charge in [0.1, 0.15) is 18.6 Å². The number of β-lactam (4-membered cyclic amide) rings is 1. The van der Waals surface area contributed by atoms with E-state index in [0.717, 1.165) is 11.1 Å². The zero-order valence-corrected chi connectivity index (χ0v) is 19.7. The molecule has 34 heavy (non-hydrogen) atoms. The van der Waals surface area contributed by atoms with Crippen molar-refractivity contribution in [1.29, 1.82) is 0 Å². The van der Waals surface area contributed by atoms with Crippen molar-refractivity contribution in [3.63, 3.8) is 0 Å². The first kappa shape index (κ1) is 25.0. The van der Waals surface area contributed by atoms with Crippen LogP contribution in [0.2, 0.25) is 0 Å². The molecule has 0 bridgehead atoms. The molecule has 0 aliphatic carbocycles. The molecule has 8 nitrogen and oxygen atoms in total. The predicted octanol–water partition coefficient (Wildman–Crippen LogP) is 2.00. The molecule has 3 rings (SSSR count). The highest BCUT2D eigenvalue weighted by atomic mass is 16.5. The minimum atomic E-state index is -0.924. The van der Waals surface area contributed by atoms with Crippen LogP contribution in [0.4, 0.5) is 0 Å². The Hall–Kier alpha value is -3.68. The summed E-state index contributed by atoms with van der Waals surface area (Å²) in [5.41, 5.74) is 1.82. The van der Waals surface area contributed by atoms with Gasteiger partial charge in [-0.25, -0.2) is 4.79 Å². The molecule has 3 amide bonds. The lowest BCUT2D eigenvalue weighted by atomic mass is 9.94. The standard InChI is InChI=1S/C26H31N3O5/c1-17(2)24(26(33)34-3)28-25(32)20(14-18-10-6-4-7-11-18)27-22(30)16-29-21(15-23(29)31)19-12-8-5-9-13-19/h4-13,17,20-21,24H,14-16H2,1-3H3,(H,27,30)(H,28,32)/t20-,21?,24-/m0/s1. The molecule has 1 heterocycles. The highest BCUT2D eigenvalue weighted by Crippen LogP contribution is 2.33. The van der Waals surface area contributed by atoms with E-state index in [9.17, 15) is 19.2 Å². The zero-order valence-electron chi connectivity index (χ0n) is 19.7. The molecular formula is C26H31N3O5. The van der Waals surface area contributed by atoms with Crippen LogP contribution in [-0.2, 0) is 30.3 Å². The lowest BCUT2D eigenvalue weighted by Gasteiger charge is -2.40. The van der Waals surface area contributed by atoms with Crippen LogP contribution in [0.5, 0.6) is 0 Å². The topological polar surface area (TPSA) is 105 Å². The molecule has 1 fully saturated rings. The monoisotopic (exact) mass is 465 g/mol. The Balaban J connectivity index is 1.71. The Morgan fingerprint density at radius 3 is 2.18 bits per heavy atom. The van der Waals surface area contributed by atoms with Gasteiger partial charge in [0.2, 0.25) is 17.7 Å². The zero-order chi connectivity index (χ0) is 24.7. The fourth-order valence-corrected chi connectivity index (χ4v) is 3.96. The maximum absolute atomic E-state index is 13.1. The van der Waals surface area contributed by atoms with Gasteiger partial charge in [0.15, 0.2) is 0 Å². The highest BCUT2D eigenvalue weighted by Gasteiger charge is 2.38. The van der Waals surface area contributed by atoms with Gasteiger partial charge in [-0.15, -0.1) is 0 Å². The number of hydrogen-bond acceptors (Lipinski definition) is 5. The number of nitrogens with one attached hydrogen (secondary N) is 2. The first-order valence-electron chi connectivity index (χ1n) is 11.4. The Morgan fingerprint density at radius 1 is 1.00 bits per heavy atom. The van der Waals surface area contributed by atoms with Crippen LogP contribution in [0.3, 0.4) is 0 Å². The van der Waals surface area contributed by atoms with E-state index in [1.165, 1.54) is 12.0 Å². The first-order chi connectivity index (χ1) is 16.3. The van der Waals surface area contributed by atoms with Crippen LogP contribution in [0.1, 0.15) is 37.4 Å². The fourth-order valence-electron chi connectivity index (χ4n) is 3.96. The number of ether oxygens (including phenoxy) is 1. The molecule has 2 aromatic carbocycles. The molecule has 1 saturated heterocycles. The lowest BCUT2D eigenvalue weighted by Crippen LogP contribution is -2.57. The summed E-state index contributed by atoms with van der Waals surface area (Å²) in [5, 5.41) is 5.47. The van der Waals surface area contributed by atoms with Crippen molar-refractivity contribution in [2.24, 2.45) is 5.92 Å². The van der Waals surface area contributed by atoms with Crippen LogP contribution in [0, 0.1) is 5.92 Å². The molecular weight excluding hydrogens is 434 g/mol. The highest BCUT2D eigenvalue weighted by molar-refractivity contribution is 5.93. The number of nitrogens with zero attached hydrogens (tertiary/aromatic N) is 1.